The van der Waals surface area contributed by atoms with E-state index in [0.29, 0.717) is 23.9 Å². The molecule has 0 aliphatic rings. The summed E-state index contributed by atoms with van der Waals surface area (Å²) in [6.07, 6.45) is 0. The normalized spacial score (nSPS) is 10.3. The first kappa shape index (κ1) is 17.8. The Morgan fingerprint density at radius 2 is 1.73 bits per heavy atom. The molecule has 1 N–H and O–H groups in total. The van der Waals surface area contributed by atoms with E-state index in [2.05, 4.69) is 5.32 Å². The maximum Gasteiger partial charge on any atom is 0.271 e. The first-order valence-electron chi connectivity index (χ1n) is 8.05. The summed E-state index contributed by atoms with van der Waals surface area (Å²) in [6.45, 7) is 0.998. The Bertz CT molecular complexity index is 898. The fourth-order valence-corrected chi connectivity index (χ4v) is 2.55. The summed E-state index contributed by atoms with van der Waals surface area (Å²) in [7, 11) is 0. The average Bonchev–Trinajstić information content (AvgIpc) is 2.66. The number of rotatable bonds is 7. The van der Waals surface area contributed by atoms with E-state index in [0.717, 1.165) is 16.9 Å². The second-order valence-electron chi connectivity index (χ2n) is 5.72. The number of nitrogens with zero attached hydrogens (tertiary/aromatic N) is 1. The van der Waals surface area contributed by atoms with Crippen molar-refractivity contribution in [3.63, 3.8) is 0 Å². The Balaban J connectivity index is 1.59. The molecule has 0 saturated heterocycles. The van der Waals surface area contributed by atoms with Crippen LogP contribution in [0.25, 0.3) is 0 Å². The number of nitro benzene ring substituents is 1. The van der Waals surface area contributed by atoms with Crippen LogP contribution in [0.2, 0.25) is 5.02 Å². The summed E-state index contributed by atoms with van der Waals surface area (Å²) in [5.41, 5.74) is 2.82. The van der Waals surface area contributed by atoms with Gasteiger partial charge >= 0.3 is 0 Å². The van der Waals surface area contributed by atoms with Crippen LogP contribution in [0.3, 0.4) is 0 Å². The third kappa shape index (κ3) is 4.97. The van der Waals surface area contributed by atoms with Crippen LogP contribution in [0.1, 0.15) is 11.1 Å². The highest BCUT2D eigenvalue weighted by atomic mass is 35.5. The van der Waals surface area contributed by atoms with Crippen LogP contribution in [0.5, 0.6) is 5.75 Å². The van der Waals surface area contributed by atoms with E-state index < -0.39 is 4.92 Å². The van der Waals surface area contributed by atoms with Crippen LogP contribution < -0.4 is 10.1 Å². The van der Waals surface area contributed by atoms with Gasteiger partial charge in [-0.2, -0.15) is 0 Å². The van der Waals surface area contributed by atoms with Gasteiger partial charge in [0.2, 0.25) is 0 Å². The Kier molecular flexibility index (Phi) is 5.71. The zero-order chi connectivity index (χ0) is 18.4. The van der Waals surface area contributed by atoms with Crippen molar-refractivity contribution in [2.45, 2.75) is 13.2 Å². The van der Waals surface area contributed by atoms with Gasteiger partial charge in [-0.1, -0.05) is 41.9 Å². The van der Waals surface area contributed by atoms with Crippen molar-refractivity contribution >= 4 is 23.0 Å². The van der Waals surface area contributed by atoms with E-state index in [4.69, 9.17) is 16.3 Å². The van der Waals surface area contributed by atoms with E-state index >= 15 is 0 Å². The van der Waals surface area contributed by atoms with Crippen molar-refractivity contribution in [2.24, 2.45) is 0 Å². The minimum absolute atomic E-state index is 0.0649. The maximum absolute atomic E-state index is 10.8. The Morgan fingerprint density at radius 1 is 0.962 bits per heavy atom. The van der Waals surface area contributed by atoms with Gasteiger partial charge in [0.15, 0.2) is 0 Å². The molecule has 0 unspecified atom stereocenters. The zero-order valence-electron chi connectivity index (χ0n) is 13.9. The summed E-state index contributed by atoms with van der Waals surface area (Å²) in [5, 5.41) is 14.7. The molecule has 132 valence electrons. The van der Waals surface area contributed by atoms with Crippen LogP contribution in [-0.2, 0) is 13.2 Å². The summed E-state index contributed by atoms with van der Waals surface area (Å²) < 4.78 is 5.82. The molecule has 6 heteroatoms. The average molecular weight is 369 g/mol. The minimum atomic E-state index is -0.406. The predicted molar refractivity (Wildman–Crippen MR) is 103 cm³/mol. The van der Waals surface area contributed by atoms with Crippen LogP contribution in [0, 0.1) is 10.1 Å². The molecule has 0 amide bonds. The molecule has 0 fully saturated rings. The SMILES string of the molecule is O=[N+]([O-])c1cccc(NCc2cccc(OCc3ccc(Cl)cc3)c2)c1. The second-order valence-corrected chi connectivity index (χ2v) is 6.16. The van der Waals surface area contributed by atoms with Gasteiger partial charge in [-0.05, 0) is 41.5 Å². The van der Waals surface area contributed by atoms with Gasteiger partial charge < -0.3 is 10.1 Å². The fourth-order valence-electron chi connectivity index (χ4n) is 2.43. The summed E-state index contributed by atoms with van der Waals surface area (Å²) in [6, 6.07) is 21.7. The lowest BCUT2D eigenvalue weighted by Gasteiger charge is -2.10. The Hall–Kier alpha value is -3.05. The molecule has 3 aromatic rings. The lowest BCUT2D eigenvalue weighted by atomic mass is 10.2. The molecule has 0 saturated carbocycles. The van der Waals surface area contributed by atoms with Crippen molar-refractivity contribution in [1.82, 2.24) is 0 Å². The zero-order valence-corrected chi connectivity index (χ0v) is 14.6. The van der Waals surface area contributed by atoms with Crippen LogP contribution in [0.15, 0.2) is 72.8 Å². The number of nitrogens with one attached hydrogen (secondary N) is 1. The highest BCUT2D eigenvalue weighted by Crippen LogP contribution is 2.20. The quantitative estimate of drug-likeness (QED) is 0.445. The van der Waals surface area contributed by atoms with Crippen molar-refractivity contribution in [1.29, 1.82) is 0 Å². The molecule has 0 spiro atoms. The van der Waals surface area contributed by atoms with Gasteiger partial charge in [-0.3, -0.25) is 10.1 Å². The maximum atomic E-state index is 10.8. The number of hydrogen-bond acceptors (Lipinski definition) is 4. The fraction of sp³-hybridized carbons (Fsp3) is 0.100. The highest BCUT2D eigenvalue weighted by Gasteiger charge is 2.05. The molecule has 0 atom stereocenters. The van der Waals surface area contributed by atoms with E-state index in [1.54, 1.807) is 12.1 Å². The largest absolute Gasteiger partial charge is 0.489 e. The molecule has 0 radical (unpaired) electrons. The van der Waals surface area contributed by atoms with E-state index in [1.807, 2.05) is 48.5 Å². The van der Waals surface area contributed by atoms with Gasteiger partial charge in [0, 0.05) is 29.4 Å². The van der Waals surface area contributed by atoms with Crippen LogP contribution in [0.4, 0.5) is 11.4 Å². The van der Waals surface area contributed by atoms with Crippen molar-refractivity contribution in [3.8, 4) is 5.75 Å². The first-order valence-corrected chi connectivity index (χ1v) is 8.42. The van der Waals surface area contributed by atoms with Crippen LogP contribution in [-0.4, -0.2) is 4.92 Å². The number of hydrogen-bond donors (Lipinski definition) is 1. The predicted octanol–water partition coefficient (Wildman–Crippen LogP) is 5.44. The number of ether oxygens (including phenoxy) is 1. The Morgan fingerprint density at radius 3 is 2.50 bits per heavy atom. The molecule has 0 aromatic heterocycles. The topological polar surface area (TPSA) is 64.4 Å². The first-order chi connectivity index (χ1) is 12.6. The molecule has 0 bridgehead atoms. The summed E-state index contributed by atoms with van der Waals surface area (Å²) >= 11 is 5.88. The molecule has 5 nitrogen and oxygen atoms in total. The lowest BCUT2D eigenvalue weighted by molar-refractivity contribution is -0.384. The molecular formula is C20H17ClN2O3. The molecule has 0 aliphatic heterocycles. The summed E-state index contributed by atoms with van der Waals surface area (Å²) in [4.78, 5) is 10.4. The number of non-ortho nitro benzene ring substituents is 1. The summed E-state index contributed by atoms with van der Waals surface area (Å²) in [5.74, 6) is 0.762. The van der Waals surface area contributed by atoms with Crippen LogP contribution >= 0.6 is 11.6 Å². The van der Waals surface area contributed by atoms with Gasteiger partial charge in [-0.15, -0.1) is 0 Å². The van der Waals surface area contributed by atoms with E-state index in [-0.39, 0.29) is 5.69 Å². The highest BCUT2D eigenvalue weighted by molar-refractivity contribution is 6.30. The van der Waals surface area contributed by atoms with Crippen molar-refractivity contribution < 1.29 is 9.66 Å². The lowest BCUT2D eigenvalue weighted by Crippen LogP contribution is -2.01. The third-order valence-corrected chi connectivity index (χ3v) is 4.02. The smallest absolute Gasteiger partial charge is 0.271 e. The second kappa shape index (κ2) is 8.36. The van der Waals surface area contributed by atoms with E-state index in [1.165, 1.54) is 12.1 Å². The number of benzene rings is 3. The Labute approximate surface area is 156 Å². The molecule has 0 heterocycles. The van der Waals surface area contributed by atoms with Gasteiger partial charge in [0.1, 0.15) is 12.4 Å². The van der Waals surface area contributed by atoms with Gasteiger partial charge in [0.25, 0.3) is 5.69 Å². The van der Waals surface area contributed by atoms with Crippen molar-refractivity contribution in [2.75, 3.05) is 5.32 Å². The van der Waals surface area contributed by atoms with E-state index in [9.17, 15) is 10.1 Å². The monoisotopic (exact) mass is 368 g/mol. The minimum Gasteiger partial charge on any atom is -0.489 e. The molecular weight excluding hydrogens is 352 g/mol. The van der Waals surface area contributed by atoms with Gasteiger partial charge in [-0.25, -0.2) is 0 Å². The number of nitro groups is 1. The molecule has 3 rings (SSSR count). The van der Waals surface area contributed by atoms with Gasteiger partial charge in [0.05, 0.1) is 4.92 Å². The molecule has 0 aliphatic carbocycles. The molecule has 26 heavy (non-hydrogen) atoms. The number of halogens is 1. The standard InChI is InChI=1S/C20H17ClN2O3/c21-17-9-7-15(8-10-17)14-26-20-6-1-3-16(11-20)13-22-18-4-2-5-19(12-18)23(24)25/h1-12,22H,13-14H2. The van der Waals surface area contributed by atoms with Crippen molar-refractivity contribution in [3.05, 3.63) is 99.1 Å². The number of anilines is 1. The molecule has 3 aromatic carbocycles. The third-order valence-electron chi connectivity index (χ3n) is 3.77.